The molecule has 0 aliphatic heterocycles. The zero-order valence-electron chi connectivity index (χ0n) is 16.5. The number of ether oxygens (including phenoxy) is 1. The summed E-state index contributed by atoms with van der Waals surface area (Å²) in [5.41, 5.74) is 1.90. The summed E-state index contributed by atoms with van der Waals surface area (Å²) in [6.07, 6.45) is 0. The average molecular weight is 350 g/mol. The molecule has 140 valence electrons. The minimum absolute atomic E-state index is 0.0476. The fourth-order valence-corrected chi connectivity index (χ4v) is 2.94. The molecule has 1 atom stereocenters. The van der Waals surface area contributed by atoms with E-state index in [0.29, 0.717) is 23.4 Å². The van der Waals surface area contributed by atoms with Crippen molar-refractivity contribution in [2.75, 3.05) is 13.7 Å². The number of nitrogens with zero attached hydrogens (tertiary/aromatic N) is 1. The minimum Gasteiger partial charge on any atom is -0.464 e. The average Bonchev–Trinajstić information content (AvgIpc) is 2.84. The molecule has 1 aromatic rings. The van der Waals surface area contributed by atoms with Crippen molar-refractivity contribution >= 4 is 17.7 Å². The van der Waals surface area contributed by atoms with Gasteiger partial charge in [-0.15, -0.1) is 0 Å². The van der Waals surface area contributed by atoms with Crippen LogP contribution in [0.4, 0.5) is 0 Å². The van der Waals surface area contributed by atoms with Crippen molar-refractivity contribution in [1.29, 1.82) is 0 Å². The molecule has 1 aromatic heterocycles. The lowest BCUT2D eigenvalue weighted by Gasteiger charge is -2.31. The topological polar surface area (TPSA) is 79.5 Å². The van der Waals surface area contributed by atoms with Crippen LogP contribution in [0.2, 0.25) is 0 Å². The van der Waals surface area contributed by atoms with Crippen LogP contribution in [0.1, 0.15) is 66.7 Å². The van der Waals surface area contributed by atoms with E-state index in [9.17, 15) is 14.4 Å². The molecule has 1 amide bonds. The number of esters is 1. The van der Waals surface area contributed by atoms with E-state index in [1.54, 1.807) is 25.7 Å². The van der Waals surface area contributed by atoms with Crippen molar-refractivity contribution in [2.24, 2.45) is 11.8 Å². The Bertz CT molecular complexity index is 659. The monoisotopic (exact) mass is 350 g/mol. The molecule has 0 bridgehead atoms. The number of methoxy groups -OCH3 is 1. The highest BCUT2D eigenvalue weighted by atomic mass is 16.5. The fourth-order valence-electron chi connectivity index (χ4n) is 2.94. The molecule has 0 fully saturated rings. The number of rotatable bonds is 7. The van der Waals surface area contributed by atoms with Crippen LogP contribution in [0.5, 0.6) is 0 Å². The molecule has 1 rings (SSSR count). The van der Waals surface area contributed by atoms with Crippen molar-refractivity contribution in [2.45, 2.75) is 54.5 Å². The van der Waals surface area contributed by atoms with Gasteiger partial charge in [0.2, 0.25) is 5.91 Å². The Labute approximate surface area is 149 Å². The molecular formula is C19H30N2O4. The molecule has 0 saturated heterocycles. The van der Waals surface area contributed by atoms with Crippen LogP contribution in [0.3, 0.4) is 0 Å². The highest BCUT2D eigenvalue weighted by Gasteiger charge is 2.32. The van der Waals surface area contributed by atoms with Gasteiger partial charge in [0, 0.05) is 23.7 Å². The highest BCUT2D eigenvalue weighted by Crippen LogP contribution is 2.23. The van der Waals surface area contributed by atoms with Gasteiger partial charge in [-0.05, 0) is 32.3 Å². The maximum Gasteiger partial charge on any atom is 0.354 e. The zero-order valence-corrected chi connectivity index (χ0v) is 16.5. The normalized spacial score (nSPS) is 12.4. The molecule has 0 saturated carbocycles. The molecule has 1 heterocycles. The Balaban J connectivity index is 3.26. The minimum atomic E-state index is -0.601. The first-order valence-corrected chi connectivity index (χ1v) is 8.65. The predicted molar refractivity (Wildman–Crippen MR) is 96.8 cm³/mol. The molecule has 0 aliphatic rings. The Morgan fingerprint density at radius 3 is 2.08 bits per heavy atom. The summed E-state index contributed by atoms with van der Waals surface area (Å²) >= 11 is 0. The van der Waals surface area contributed by atoms with Gasteiger partial charge in [0.15, 0.2) is 5.78 Å². The fraction of sp³-hybridized carbons (Fsp3) is 0.632. The number of ketones is 1. The van der Waals surface area contributed by atoms with Crippen LogP contribution >= 0.6 is 0 Å². The van der Waals surface area contributed by atoms with Gasteiger partial charge >= 0.3 is 5.97 Å². The van der Waals surface area contributed by atoms with E-state index in [-0.39, 0.29) is 29.2 Å². The predicted octanol–water partition coefficient (Wildman–Crippen LogP) is 3.13. The number of aromatic nitrogens is 1. The quantitative estimate of drug-likeness (QED) is 0.605. The number of hydrogen-bond donors (Lipinski definition) is 1. The summed E-state index contributed by atoms with van der Waals surface area (Å²) in [6.45, 7) is 13.4. The Morgan fingerprint density at radius 2 is 1.64 bits per heavy atom. The third-order valence-corrected chi connectivity index (χ3v) is 4.26. The van der Waals surface area contributed by atoms with E-state index in [1.807, 2.05) is 27.7 Å². The molecule has 1 N–H and O–H groups in total. The van der Waals surface area contributed by atoms with Gasteiger partial charge in [-0.3, -0.25) is 9.59 Å². The van der Waals surface area contributed by atoms with Crippen LogP contribution < -0.4 is 0 Å². The first-order chi connectivity index (χ1) is 11.5. The number of carbonyl (C=O) groups is 3. The SMILES string of the molecule is COC(=O)c1[nH]c(C)c(C(=O)C(C)N(CC(C)C)C(=O)C(C)C)c1C. The van der Waals surface area contributed by atoms with Gasteiger partial charge in [0.1, 0.15) is 5.69 Å². The molecule has 1 unspecified atom stereocenters. The van der Waals surface area contributed by atoms with Crippen LogP contribution in [0.15, 0.2) is 0 Å². The molecule has 0 spiro atoms. The number of hydrogen-bond acceptors (Lipinski definition) is 4. The maximum absolute atomic E-state index is 13.1. The highest BCUT2D eigenvalue weighted by molar-refractivity contribution is 6.06. The number of Topliss-reactive ketones (excluding diaryl/α,β-unsaturated/α-hetero) is 1. The molecule has 0 aromatic carbocycles. The number of aromatic amines is 1. The van der Waals surface area contributed by atoms with Gasteiger partial charge in [-0.25, -0.2) is 4.79 Å². The second kappa shape index (κ2) is 8.32. The number of nitrogens with one attached hydrogen (secondary N) is 1. The van der Waals surface area contributed by atoms with Crippen LogP contribution in [-0.4, -0.2) is 47.2 Å². The lowest BCUT2D eigenvalue weighted by atomic mass is 9.98. The largest absolute Gasteiger partial charge is 0.464 e. The number of aryl methyl sites for hydroxylation is 1. The summed E-state index contributed by atoms with van der Waals surface area (Å²) in [7, 11) is 1.30. The molecule has 25 heavy (non-hydrogen) atoms. The maximum atomic E-state index is 13.1. The van der Waals surface area contributed by atoms with Crippen molar-refractivity contribution in [1.82, 2.24) is 9.88 Å². The summed E-state index contributed by atoms with van der Waals surface area (Å²) in [4.78, 5) is 42.1. The third kappa shape index (κ3) is 4.50. The summed E-state index contributed by atoms with van der Waals surface area (Å²) < 4.78 is 4.75. The van der Waals surface area contributed by atoms with Gasteiger partial charge in [-0.1, -0.05) is 27.7 Å². The summed E-state index contributed by atoms with van der Waals surface area (Å²) in [6, 6.07) is -0.601. The van der Waals surface area contributed by atoms with Gasteiger partial charge < -0.3 is 14.6 Å². The molecule has 0 radical (unpaired) electrons. The van der Waals surface area contributed by atoms with E-state index >= 15 is 0 Å². The molecular weight excluding hydrogens is 320 g/mol. The summed E-state index contributed by atoms with van der Waals surface area (Å²) in [5, 5.41) is 0. The van der Waals surface area contributed by atoms with Gasteiger partial charge in [0.25, 0.3) is 0 Å². The zero-order chi connectivity index (χ0) is 19.5. The number of amides is 1. The Kier molecular flexibility index (Phi) is 6.96. The second-order valence-electron chi connectivity index (χ2n) is 7.20. The first-order valence-electron chi connectivity index (χ1n) is 8.65. The first kappa shape index (κ1) is 20.9. The van der Waals surface area contributed by atoms with Gasteiger partial charge in [0.05, 0.1) is 13.2 Å². The lowest BCUT2D eigenvalue weighted by molar-refractivity contribution is -0.136. The van der Waals surface area contributed by atoms with Crippen LogP contribution in [0.25, 0.3) is 0 Å². The lowest BCUT2D eigenvalue weighted by Crippen LogP contribution is -2.47. The standard InChI is InChI=1S/C19H30N2O4/c1-10(2)9-21(18(23)11(3)4)14(7)17(22)15-12(5)16(19(24)25-8)20-13(15)6/h10-11,14,20H,9H2,1-8H3. The van der Waals surface area contributed by atoms with Crippen LogP contribution in [-0.2, 0) is 9.53 Å². The van der Waals surface area contributed by atoms with E-state index in [0.717, 1.165) is 0 Å². The Morgan fingerprint density at radius 1 is 1.08 bits per heavy atom. The smallest absolute Gasteiger partial charge is 0.354 e. The van der Waals surface area contributed by atoms with E-state index in [4.69, 9.17) is 4.74 Å². The molecule has 6 heteroatoms. The van der Waals surface area contributed by atoms with E-state index in [2.05, 4.69) is 4.98 Å². The van der Waals surface area contributed by atoms with Crippen molar-refractivity contribution < 1.29 is 19.1 Å². The van der Waals surface area contributed by atoms with E-state index in [1.165, 1.54) is 7.11 Å². The number of carbonyl (C=O) groups excluding carboxylic acids is 3. The van der Waals surface area contributed by atoms with Gasteiger partial charge in [-0.2, -0.15) is 0 Å². The van der Waals surface area contributed by atoms with Crippen LogP contribution in [0, 0.1) is 25.7 Å². The van der Waals surface area contributed by atoms with E-state index < -0.39 is 12.0 Å². The number of H-pyrrole nitrogens is 1. The summed E-state index contributed by atoms with van der Waals surface area (Å²) in [5.74, 6) is -0.667. The second-order valence-corrected chi connectivity index (χ2v) is 7.20. The Hall–Kier alpha value is -2.11. The van der Waals surface area contributed by atoms with Crippen molar-refractivity contribution in [3.05, 3.63) is 22.5 Å². The third-order valence-electron chi connectivity index (χ3n) is 4.26. The molecule has 6 nitrogen and oxygen atoms in total. The van der Waals surface area contributed by atoms with Crippen molar-refractivity contribution in [3.63, 3.8) is 0 Å². The molecule has 0 aliphatic carbocycles. The van der Waals surface area contributed by atoms with Crippen molar-refractivity contribution in [3.8, 4) is 0 Å².